The van der Waals surface area contributed by atoms with Crippen LogP contribution in [0, 0.1) is 0 Å². The molecule has 24 heavy (non-hydrogen) atoms. The van der Waals surface area contributed by atoms with Crippen LogP contribution in [0.15, 0.2) is 39.6 Å². The highest BCUT2D eigenvalue weighted by Crippen LogP contribution is 2.31. The van der Waals surface area contributed by atoms with Crippen molar-refractivity contribution >= 4 is 50.3 Å². The molecular weight excluding hydrogens is 408 g/mol. The molecule has 0 bridgehead atoms. The van der Waals surface area contributed by atoms with Gasteiger partial charge in [-0.2, -0.15) is 0 Å². The number of halogens is 1. The minimum atomic E-state index is -0.176. The Labute approximate surface area is 156 Å². The van der Waals surface area contributed by atoms with E-state index in [0.717, 1.165) is 25.7 Å². The number of aromatic nitrogens is 2. The Morgan fingerprint density at radius 3 is 2.75 bits per heavy atom. The molecule has 0 saturated carbocycles. The van der Waals surface area contributed by atoms with E-state index < -0.39 is 0 Å². The van der Waals surface area contributed by atoms with E-state index in [1.54, 1.807) is 22.9 Å². The Hall–Kier alpha value is -1.77. The molecule has 0 unspecified atom stereocenters. The van der Waals surface area contributed by atoms with E-state index in [9.17, 15) is 4.79 Å². The molecule has 0 atom stereocenters. The summed E-state index contributed by atoms with van der Waals surface area (Å²) in [4.78, 5) is 24.0. The molecule has 3 aromatic heterocycles. The van der Waals surface area contributed by atoms with Crippen LogP contribution in [-0.4, -0.2) is 30.0 Å². The van der Waals surface area contributed by atoms with Gasteiger partial charge in [0.05, 0.1) is 4.88 Å². The molecule has 1 amide bonds. The van der Waals surface area contributed by atoms with Crippen molar-refractivity contribution in [2.24, 2.45) is 0 Å². The molecule has 0 aromatic carbocycles. The van der Waals surface area contributed by atoms with Crippen molar-refractivity contribution < 1.29 is 4.79 Å². The zero-order chi connectivity index (χ0) is 17.1. The van der Waals surface area contributed by atoms with E-state index in [2.05, 4.69) is 31.2 Å². The lowest BCUT2D eigenvalue weighted by molar-refractivity contribution is 0.0946. The fraction of sp³-hybridized carbons (Fsp3) is 0.188. The highest BCUT2D eigenvalue weighted by atomic mass is 79.9. The van der Waals surface area contributed by atoms with Crippen molar-refractivity contribution in [3.63, 3.8) is 0 Å². The van der Waals surface area contributed by atoms with E-state index in [0.29, 0.717) is 12.2 Å². The van der Waals surface area contributed by atoms with Gasteiger partial charge in [0.2, 0.25) is 0 Å². The summed E-state index contributed by atoms with van der Waals surface area (Å²) in [7, 11) is 3.88. The summed E-state index contributed by atoms with van der Waals surface area (Å²) < 4.78 is 1.03. The fourth-order valence-corrected chi connectivity index (χ4v) is 4.28. The average Bonchev–Trinajstić information content (AvgIpc) is 3.22. The summed E-state index contributed by atoms with van der Waals surface area (Å²) in [6.07, 6.45) is 1.77. The Morgan fingerprint density at radius 1 is 1.29 bits per heavy atom. The first-order valence-electron chi connectivity index (χ1n) is 7.13. The van der Waals surface area contributed by atoms with Crippen molar-refractivity contribution in [1.29, 1.82) is 0 Å². The zero-order valence-corrected chi connectivity index (χ0v) is 16.3. The number of rotatable bonds is 5. The Bertz CT molecular complexity index is 842. The largest absolute Gasteiger partial charge is 0.363 e. The molecule has 5 nitrogen and oxygen atoms in total. The van der Waals surface area contributed by atoms with Gasteiger partial charge >= 0.3 is 0 Å². The van der Waals surface area contributed by atoms with Gasteiger partial charge in [-0.15, -0.1) is 22.7 Å². The number of nitrogens with zero attached hydrogens (tertiary/aromatic N) is 3. The van der Waals surface area contributed by atoms with Gasteiger partial charge in [-0.05, 0) is 33.6 Å². The predicted molar refractivity (Wildman–Crippen MR) is 103 cm³/mol. The Kier molecular flexibility index (Phi) is 5.27. The molecule has 3 heterocycles. The predicted octanol–water partition coefficient (Wildman–Crippen LogP) is 4.03. The second kappa shape index (κ2) is 7.42. The summed E-state index contributed by atoms with van der Waals surface area (Å²) >= 11 is 6.50. The normalized spacial score (nSPS) is 10.6. The summed E-state index contributed by atoms with van der Waals surface area (Å²) in [5, 5.41) is 7.52. The van der Waals surface area contributed by atoms with Crippen LogP contribution in [0.1, 0.15) is 16.1 Å². The van der Waals surface area contributed by atoms with Crippen molar-refractivity contribution in [1.82, 2.24) is 15.3 Å². The quantitative estimate of drug-likeness (QED) is 0.674. The van der Waals surface area contributed by atoms with E-state index in [1.807, 2.05) is 42.6 Å². The molecule has 0 aliphatic rings. The number of pyridine rings is 1. The lowest BCUT2D eigenvalue weighted by Gasteiger charge is -2.11. The number of nitrogens with one attached hydrogen (secondary N) is 1. The number of carbonyl (C=O) groups excluding carboxylic acids is 1. The molecule has 0 aliphatic carbocycles. The van der Waals surface area contributed by atoms with Crippen LogP contribution >= 0.6 is 38.6 Å². The van der Waals surface area contributed by atoms with Crippen molar-refractivity contribution in [2.75, 3.05) is 19.0 Å². The SMILES string of the molecule is CN(C)c1ccc(CNC(=O)c2csc(-c3cc(Br)cs3)n2)cn1. The molecule has 0 fully saturated rings. The minimum absolute atomic E-state index is 0.176. The number of hydrogen-bond acceptors (Lipinski definition) is 6. The van der Waals surface area contributed by atoms with Gasteiger partial charge in [-0.25, -0.2) is 9.97 Å². The Morgan fingerprint density at radius 2 is 2.12 bits per heavy atom. The van der Waals surface area contributed by atoms with Crippen LogP contribution in [0.4, 0.5) is 5.82 Å². The highest BCUT2D eigenvalue weighted by Gasteiger charge is 2.13. The lowest BCUT2D eigenvalue weighted by Crippen LogP contribution is -2.23. The number of amides is 1. The van der Waals surface area contributed by atoms with Crippen LogP contribution in [0.3, 0.4) is 0 Å². The van der Waals surface area contributed by atoms with E-state index >= 15 is 0 Å². The molecule has 124 valence electrons. The first-order chi connectivity index (χ1) is 11.5. The first kappa shape index (κ1) is 17.1. The highest BCUT2D eigenvalue weighted by molar-refractivity contribution is 9.10. The van der Waals surface area contributed by atoms with Crippen LogP contribution in [0.25, 0.3) is 9.88 Å². The third-order valence-electron chi connectivity index (χ3n) is 3.24. The maximum atomic E-state index is 12.2. The number of thiophene rings is 1. The maximum Gasteiger partial charge on any atom is 0.271 e. The molecule has 0 spiro atoms. The smallest absolute Gasteiger partial charge is 0.271 e. The second-order valence-electron chi connectivity index (χ2n) is 5.27. The van der Waals surface area contributed by atoms with Gasteiger partial charge in [0.1, 0.15) is 16.5 Å². The van der Waals surface area contributed by atoms with E-state index in [1.165, 1.54) is 11.3 Å². The van der Waals surface area contributed by atoms with Gasteiger partial charge in [0.15, 0.2) is 0 Å². The maximum absolute atomic E-state index is 12.2. The number of carbonyl (C=O) groups is 1. The zero-order valence-electron chi connectivity index (χ0n) is 13.1. The van der Waals surface area contributed by atoms with Crippen LogP contribution in [0.2, 0.25) is 0 Å². The second-order valence-corrected chi connectivity index (χ2v) is 7.95. The lowest BCUT2D eigenvalue weighted by atomic mass is 10.2. The molecule has 0 aliphatic heterocycles. The summed E-state index contributed by atoms with van der Waals surface area (Å²) in [6.45, 7) is 0.428. The van der Waals surface area contributed by atoms with Gasteiger partial charge in [-0.3, -0.25) is 4.79 Å². The average molecular weight is 423 g/mol. The summed E-state index contributed by atoms with van der Waals surface area (Å²) in [6, 6.07) is 5.89. The van der Waals surface area contributed by atoms with Gasteiger partial charge < -0.3 is 10.2 Å². The monoisotopic (exact) mass is 422 g/mol. The van der Waals surface area contributed by atoms with E-state index in [-0.39, 0.29) is 5.91 Å². The molecule has 0 saturated heterocycles. The molecule has 1 N–H and O–H groups in total. The number of thiazole rings is 1. The summed E-state index contributed by atoms with van der Waals surface area (Å²) in [5.74, 6) is 0.709. The molecular formula is C16H15BrN4OS2. The molecule has 3 rings (SSSR count). The third kappa shape index (κ3) is 4.00. The van der Waals surface area contributed by atoms with Crippen LogP contribution in [-0.2, 0) is 6.54 Å². The van der Waals surface area contributed by atoms with Crippen molar-refractivity contribution in [2.45, 2.75) is 6.54 Å². The minimum Gasteiger partial charge on any atom is -0.363 e. The summed E-state index contributed by atoms with van der Waals surface area (Å²) in [5.41, 5.74) is 1.39. The number of hydrogen-bond donors (Lipinski definition) is 1. The number of anilines is 1. The first-order valence-corrected chi connectivity index (χ1v) is 9.68. The van der Waals surface area contributed by atoms with E-state index in [4.69, 9.17) is 0 Å². The molecule has 8 heteroatoms. The Balaban J connectivity index is 1.62. The van der Waals surface area contributed by atoms with Gasteiger partial charge in [0.25, 0.3) is 5.91 Å². The third-order valence-corrected chi connectivity index (χ3v) is 5.94. The molecule has 3 aromatic rings. The van der Waals surface area contributed by atoms with Crippen LogP contribution < -0.4 is 10.2 Å². The standard InChI is InChI=1S/C16H15BrN4OS2/c1-21(2)14-4-3-10(6-18-14)7-19-15(22)12-9-24-16(20-12)13-5-11(17)8-23-13/h3-6,8-9H,7H2,1-2H3,(H,19,22). The molecule has 0 radical (unpaired) electrons. The van der Waals surface area contributed by atoms with Crippen molar-refractivity contribution in [3.05, 3.63) is 50.9 Å². The fourth-order valence-electron chi connectivity index (χ4n) is 1.98. The van der Waals surface area contributed by atoms with Gasteiger partial charge in [0, 0.05) is 42.1 Å². The topological polar surface area (TPSA) is 58.1 Å². The van der Waals surface area contributed by atoms with Crippen molar-refractivity contribution in [3.8, 4) is 9.88 Å². The van der Waals surface area contributed by atoms with Crippen LogP contribution in [0.5, 0.6) is 0 Å². The van der Waals surface area contributed by atoms with Gasteiger partial charge in [-0.1, -0.05) is 6.07 Å².